The summed E-state index contributed by atoms with van der Waals surface area (Å²) < 4.78 is 33.3. The Hall–Kier alpha value is -3.28. The first-order chi connectivity index (χ1) is 16.3. The standard InChI is InChI=1S/C23H26N4O6S/c1-2-23(17-9-4-3-5-10-17)21(29)27(22(30)25-23)26-20(28)16-8-6-12-19(14-16)34(31,32)24-15-18-11-7-13-33-18/h3-6,8-10,12,14,18,24H,2,7,11,13,15H2,1H3,(H,25,30)(H,26,28)/t18-,23-/m1/s1. The lowest BCUT2D eigenvalue weighted by molar-refractivity contribution is -0.133. The molecule has 0 radical (unpaired) electrons. The van der Waals surface area contributed by atoms with Crippen molar-refractivity contribution in [2.24, 2.45) is 0 Å². The van der Waals surface area contributed by atoms with Crippen molar-refractivity contribution in [3.63, 3.8) is 0 Å². The van der Waals surface area contributed by atoms with Gasteiger partial charge in [0, 0.05) is 18.7 Å². The number of rotatable bonds is 8. The number of hydrogen-bond acceptors (Lipinski definition) is 6. The van der Waals surface area contributed by atoms with Gasteiger partial charge in [-0.05, 0) is 43.0 Å². The van der Waals surface area contributed by atoms with E-state index in [-0.39, 0.29) is 29.5 Å². The van der Waals surface area contributed by atoms with Crippen molar-refractivity contribution in [1.29, 1.82) is 0 Å². The number of imide groups is 1. The second-order valence-electron chi connectivity index (χ2n) is 8.15. The minimum atomic E-state index is -3.88. The Morgan fingerprint density at radius 3 is 2.62 bits per heavy atom. The molecule has 11 heteroatoms. The maximum Gasteiger partial charge on any atom is 0.344 e. The molecule has 34 heavy (non-hydrogen) atoms. The molecule has 10 nitrogen and oxygen atoms in total. The molecule has 0 spiro atoms. The molecule has 3 N–H and O–H groups in total. The van der Waals surface area contributed by atoms with E-state index in [1.54, 1.807) is 37.3 Å². The summed E-state index contributed by atoms with van der Waals surface area (Å²) in [6.07, 6.45) is 1.76. The summed E-state index contributed by atoms with van der Waals surface area (Å²) in [4.78, 5) is 38.5. The van der Waals surface area contributed by atoms with Crippen LogP contribution in [0.2, 0.25) is 0 Å². The fourth-order valence-corrected chi connectivity index (χ4v) is 5.21. The van der Waals surface area contributed by atoms with Crippen LogP contribution in [-0.2, 0) is 25.1 Å². The van der Waals surface area contributed by atoms with Crippen molar-refractivity contribution in [3.05, 3.63) is 65.7 Å². The second kappa shape index (κ2) is 9.53. The lowest BCUT2D eigenvalue weighted by atomic mass is 9.87. The summed E-state index contributed by atoms with van der Waals surface area (Å²) in [5.41, 5.74) is 1.58. The van der Waals surface area contributed by atoms with Gasteiger partial charge in [0.2, 0.25) is 10.0 Å². The summed E-state index contributed by atoms with van der Waals surface area (Å²) in [6.45, 7) is 2.50. The predicted molar refractivity (Wildman–Crippen MR) is 122 cm³/mol. The fourth-order valence-electron chi connectivity index (χ4n) is 4.10. The molecule has 2 atom stereocenters. The van der Waals surface area contributed by atoms with Gasteiger partial charge in [-0.15, -0.1) is 0 Å². The first-order valence-corrected chi connectivity index (χ1v) is 12.5. The van der Waals surface area contributed by atoms with E-state index in [2.05, 4.69) is 15.5 Å². The molecule has 180 valence electrons. The van der Waals surface area contributed by atoms with Crippen LogP contribution < -0.4 is 15.5 Å². The molecule has 2 saturated heterocycles. The Kier molecular flexibility index (Phi) is 6.69. The minimum Gasteiger partial charge on any atom is -0.377 e. The summed E-state index contributed by atoms with van der Waals surface area (Å²) in [5, 5.41) is 3.31. The van der Waals surface area contributed by atoms with E-state index < -0.39 is 33.4 Å². The lowest BCUT2D eigenvalue weighted by Crippen LogP contribution is -2.48. The Balaban J connectivity index is 1.49. The highest BCUT2D eigenvalue weighted by Crippen LogP contribution is 2.31. The average Bonchev–Trinajstić information content (AvgIpc) is 3.46. The van der Waals surface area contributed by atoms with Gasteiger partial charge in [0.05, 0.1) is 11.0 Å². The maximum atomic E-state index is 13.2. The molecular formula is C23H26N4O6S. The fraction of sp³-hybridized carbons (Fsp3) is 0.348. The third-order valence-corrected chi connectivity index (χ3v) is 7.45. The van der Waals surface area contributed by atoms with Crippen LogP contribution in [0, 0.1) is 0 Å². The largest absolute Gasteiger partial charge is 0.377 e. The Labute approximate surface area is 197 Å². The second-order valence-corrected chi connectivity index (χ2v) is 9.92. The zero-order valence-corrected chi connectivity index (χ0v) is 19.4. The van der Waals surface area contributed by atoms with E-state index >= 15 is 0 Å². The molecule has 4 amide bonds. The highest BCUT2D eigenvalue weighted by atomic mass is 32.2. The van der Waals surface area contributed by atoms with Crippen LogP contribution in [0.3, 0.4) is 0 Å². The van der Waals surface area contributed by atoms with E-state index in [1.807, 2.05) is 0 Å². The normalized spacial score (nSPS) is 22.6. The Morgan fingerprint density at radius 2 is 1.94 bits per heavy atom. The number of sulfonamides is 1. The van der Waals surface area contributed by atoms with Crippen molar-refractivity contribution < 1.29 is 27.5 Å². The predicted octanol–water partition coefficient (Wildman–Crippen LogP) is 1.65. The van der Waals surface area contributed by atoms with Gasteiger partial charge < -0.3 is 10.1 Å². The van der Waals surface area contributed by atoms with E-state index in [0.717, 1.165) is 12.8 Å². The average molecular weight is 487 g/mol. The molecule has 0 unspecified atom stereocenters. The summed E-state index contributed by atoms with van der Waals surface area (Å²) in [6, 6.07) is 13.4. The lowest BCUT2D eigenvalue weighted by Gasteiger charge is -2.25. The first-order valence-electron chi connectivity index (χ1n) is 11.0. The number of nitrogens with zero attached hydrogens (tertiary/aromatic N) is 1. The number of ether oxygens (including phenoxy) is 1. The molecule has 4 rings (SSSR count). The van der Waals surface area contributed by atoms with Gasteiger partial charge in [-0.25, -0.2) is 17.9 Å². The van der Waals surface area contributed by atoms with E-state index in [0.29, 0.717) is 17.2 Å². The van der Waals surface area contributed by atoms with Crippen LogP contribution in [0.15, 0.2) is 59.5 Å². The number of nitrogens with one attached hydrogen (secondary N) is 3. The third kappa shape index (κ3) is 4.54. The van der Waals surface area contributed by atoms with Gasteiger partial charge in [0.25, 0.3) is 11.8 Å². The van der Waals surface area contributed by atoms with Gasteiger partial charge in [-0.2, -0.15) is 5.01 Å². The molecule has 2 fully saturated rings. The zero-order chi connectivity index (χ0) is 24.3. The number of carbonyl (C=O) groups excluding carboxylic acids is 3. The van der Waals surface area contributed by atoms with Crippen LogP contribution >= 0.6 is 0 Å². The van der Waals surface area contributed by atoms with Gasteiger partial charge in [0.15, 0.2) is 0 Å². The molecule has 2 aliphatic heterocycles. The van der Waals surface area contributed by atoms with Crippen LogP contribution in [0.5, 0.6) is 0 Å². The number of hydrazine groups is 1. The highest BCUT2D eigenvalue weighted by molar-refractivity contribution is 7.89. The molecule has 2 aliphatic rings. The number of urea groups is 1. The smallest absolute Gasteiger partial charge is 0.344 e. The first kappa shape index (κ1) is 23.9. The molecule has 2 aromatic rings. The van der Waals surface area contributed by atoms with Crippen molar-refractivity contribution in [2.45, 2.75) is 42.7 Å². The number of benzene rings is 2. The number of hydrogen-bond donors (Lipinski definition) is 3. The van der Waals surface area contributed by atoms with Gasteiger partial charge in [-0.3, -0.25) is 15.0 Å². The monoisotopic (exact) mass is 486 g/mol. The van der Waals surface area contributed by atoms with E-state index in [4.69, 9.17) is 4.74 Å². The van der Waals surface area contributed by atoms with Crippen LogP contribution in [-0.4, -0.2) is 50.5 Å². The summed E-state index contributed by atoms with van der Waals surface area (Å²) in [5.74, 6) is -1.42. The van der Waals surface area contributed by atoms with Crippen molar-refractivity contribution in [3.8, 4) is 0 Å². The van der Waals surface area contributed by atoms with Crippen LogP contribution in [0.25, 0.3) is 0 Å². The molecule has 0 saturated carbocycles. The quantitative estimate of drug-likeness (QED) is 0.486. The molecule has 2 heterocycles. The Bertz CT molecular complexity index is 1200. The summed E-state index contributed by atoms with van der Waals surface area (Å²) in [7, 11) is -3.88. The highest BCUT2D eigenvalue weighted by Gasteiger charge is 2.52. The van der Waals surface area contributed by atoms with Crippen molar-refractivity contribution >= 4 is 27.9 Å². The molecular weight excluding hydrogens is 460 g/mol. The van der Waals surface area contributed by atoms with Crippen molar-refractivity contribution in [2.75, 3.05) is 13.2 Å². The maximum absolute atomic E-state index is 13.2. The van der Waals surface area contributed by atoms with Gasteiger partial charge in [-0.1, -0.05) is 43.3 Å². The molecule has 2 aromatic carbocycles. The SMILES string of the molecule is CC[C@]1(c2ccccc2)NC(=O)N(NC(=O)c2cccc(S(=O)(=O)NC[C@H]3CCCO3)c2)C1=O. The van der Waals surface area contributed by atoms with Crippen molar-refractivity contribution in [1.82, 2.24) is 20.5 Å². The van der Waals surface area contributed by atoms with E-state index in [1.165, 1.54) is 24.3 Å². The zero-order valence-electron chi connectivity index (χ0n) is 18.6. The third-order valence-electron chi connectivity index (χ3n) is 6.03. The van der Waals surface area contributed by atoms with E-state index in [9.17, 15) is 22.8 Å². The van der Waals surface area contributed by atoms with Crippen LogP contribution in [0.1, 0.15) is 42.1 Å². The Morgan fingerprint density at radius 1 is 1.18 bits per heavy atom. The molecule has 0 aliphatic carbocycles. The summed E-state index contributed by atoms with van der Waals surface area (Å²) >= 11 is 0. The number of carbonyl (C=O) groups is 3. The topological polar surface area (TPSA) is 134 Å². The molecule has 0 bridgehead atoms. The minimum absolute atomic E-state index is 0.0192. The van der Waals surface area contributed by atoms with Gasteiger partial charge in [0.1, 0.15) is 5.54 Å². The van der Waals surface area contributed by atoms with Crippen LogP contribution in [0.4, 0.5) is 4.79 Å². The molecule has 0 aromatic heterocycles. The number of amides is 4. The van der Waals surface area contributed by atoms with Gasteiger partial charge >= 0.3 is 6.03 Å².